The first-order valence-corrected chi connectivity index (χ1v) is 10.0. The number of ether oxygens (including phenoxy) is 1. The Hall–Kier alpha value is -3.62. The molecule has 4 amide bonds. The number of fused-ring (bicyclic) bond motifs is 1. The Labute approximate surface area is 179 Å². The van der Waals surface area contributed by atoms with Crippen LogP contribution in [0.1, 0.15) is 35.5 Å². The van der Waals surface area contributed by atoms with Crippen molar-refractivity contribution < 1.29 is 28.3 Å². The van der Waals surface area contributed by atoms with Crippen LogP contribution >= 0.6 is 0 Å². The van der Waals surface area contributed by atoms with Crippen molar-refractivity contribution >= 4 is 23.8 Å². The lowest BCUT2D eigenvalue weighted by atomic mass is 9.93. The molecule has 1 aliphatic rings. The maximum atomic E-state index is 12.9. The number of esters is 1. The third-order valence-electron chi connectivity index (χ3n) is 4.78. The van der Waals surface area contributed by atoms with Crippen LogP contribution in [0.5, 0.6) is 0 Å². The average molecular weight is 427 g/mol. The lowest BCUT2D eigenvalue weighted by molar-refractivity contribution is -0.153. The monoisotopic (exact) mass is 427 g/mol. The summed E-state index contributed by atoms with van der Waals surface area (Å²) in [5, 5.41) is 4.64. The molecule has 164 valence electrons. The molecule has 1 aromatic carbocycles. The van der Waals surface area contributed by atoms with Crippen molar-refractivity contribution in [1.29, 1.82) is 0 Å². The molecule has 0 bridgehead atoms. The summed E-state index contributed by atoms with van der Waals surface area (Å²) in [4.78, 5) is 50.6. The van der Waals surface area contributed by atoms with Gasteiger partial charge in [-0.3, -0.25) is 14.9 Å². The standard InChI is InChI=1S/C22H25N3O6/c1-14(2)11-23-22(29)24-19(26)13-31-21(28)17-10-15-6-3-4-7-16(15)12-25(17)20(27)18-8-5-9-30-18/h3-9,14,17H,10-13H2,1-2H3,(H2,23,24,26,29). The maximum Gasteiger partial charge on any atom is 0.329 e. The van der Waals surface area contributed by atoms with Gasteiger partial charge < -0.3 is 19.4 Å². The van der Waals surface area contributed by atoms with Gasteiger partial charge >= 0.3 is 12.0 Å². The molecule has 0 aliphatic carbocycles. The molecule has 31 heavy (non-hydrogen) atoms. The highest BCUT2D eigenvalue weighted by atomic mass is 16.5. The molecule has 1 aliphatic heterocycles. The largest absolute Gasteiger partial charge is 0.459 e. The summed E-state index contributed by atoms with van der Waals surface area (Å²) >= 11 is 0. The zero-order valence-electron chi connectivity index (χ0n) is 17.4. The first kappa shape index (κ1) is 22.1. The minimum atomic E-state index is -0.921. The molecule has 9 nitrogen and oxygen atoms in total. The molecule has 1 aromatic heterocycles. The van der Waals surface area contributed by atoms with E-state index in [1.165, 1.54) is 17.2 Å². The maximum absolute atomic E-state index is 12.9. The van der Waals surface area contributed by atoms with Gasteiger partial charge in [-0.05, 0) is 29.2 Å². The second kappa shape index (κ2) is 9.92. The molecule has 0 spiro atoms. The Morgan fingerprint density at radius 2 is 1.87 bits per heavy atom. The number of furan rings is 1. The van der Waals surface area contributed by atoms with Gasteiger partial charge in [0.05, 0.1) is 6.26 Å². The van der Waals surface area contributed by atoms with Crippen molar-refractivity contribution in [2.45, 2.75) is 32.9 Å². The Morgan fingerprint density at radius 3 is 2.55 bits per heavy atom. The van der Waals surface area contributed by atoms with E-state index in [1.54, 1.807) is 6.07 Å². The van der Waals surface area contributed by atoms with Gasteiger partial charge in [-0.25, -0.2) is 9.59 Å². The van der Waals surface area contributed by atoms with E-state index < -0.39 is 36.5 Å². The summed E-state index contributed by atoms with van der Waals surface area (Å²) in [6.45, 7) is 3.82. The fourth-order valence-electron chi connectivity index (χ4n) is 3.23. The number of hydrogen-bond donors (Lipinski definition) is 2. The van der Waals surface area contributed by atoms with Crippen molar-refractivity contribution in [3.63, 3.8) is 0 Å². The molecule has 0 saturated carbocycles. The Bertz CT molecular complexity index is 954. The highest BCUT2D eigenvalue weighted by Gasteiger charge is 2.37. The highest BCUT2D eigenvalue weighted by Crippen LogP contribution is 2.26. The second-order valence-electron chi connectivity index (χ2n) is 7.66. The number of rotatable bonds is 6. The van der Waals surface area contributed by atoms with Gasteiger partial charge in [0, 0.05) is 19.5 Å². The number of nitrogens with zero attached hydrogens (tertiary/aromatic N) is 1. The van der Waals surface area contributed by atoms with Crippen LogP contribution in [0.25, 0.3) is 0 Å². The van der Waals surface area contributed by atoms with Gasteiger partial charge in [0.25, 0.3) is 11.8 Å². The van der Waals surface area contributed by atoms with E-state index in [9.17, 15) is 19.2 Å². The molecule has 9 heteroatoms. The predicted molar refractivity (Wildman–Crippen MR) is 110 cm³/mol. The fourth-order valence-corrected chi connectivity index (χ4v) is 3.23. The summed E-state index contributed by atoms with van der Waals surface area (Å²) < 4.78 is 10.3. The zero-order chi connectivity index (χ0) is 22.4. The summed E-state index contributed by atoms with van der Waals surface area (Å²) in [5.74, 6) is -1.59. The molecule has 0 saturated heterocycles. The molecule has 1 unspecified atom stereocenters. The number of amides is 4. The number of imide groups is 1. The number of carbonyl (C=O) groups excluding carboxylic acids is 4. The van der Waals surface area contributed by atoms with E-state index in [2.05, 4.69) is 10.6 Å². The first-order valence-electron chi connectivity index (χ1n) is 10.0. The molecule has 2 N–H and O–H groups in total. The quantitative estimate of drug-likeness (QED) is 0.680. The molecule has 0 fully saturated rings. The van der Waals surface area contributed by atoms with Gasteiger partial charge in [-0.15, -0.1) is 0 Å². The van der Waals surface area contributed by atoms with E-state index in [-0.39, 0.29) is 24.6 Å². The Morgan fingerprint density at radius 1 is 1.13 bits per heavy atom. The van der Waals surface area contributed by atoms with E-state index in [4.69, 9.17) is 9.15 Å². The Kier molecular flexibility index (Phi) is 7.07. The van der Waals surface area contributed by atoms with Gasteiger partial charge in [0.15, 0.2) is 12.4 Å². The molecule has 2 heterocycles. The van der Waals surface area contributed by atoms with Crippen LogP contribution < -0.4 is 10.6 Å². The third kappa shape index (κ3) is 5.71. The van der Waals surface area contributed by atoms with Crippen LogP contribution in [-0.2, 0) is 27.3 Å². The first-order chi connectivity index (χ1) is 14.8. The van der Waals surface area contributed by atoms with Crippen LogP contribution in [0.2, 0.25) is 0 Å². The van der Waals surface area contributed by atoms with E-state index in [1.807, 2.05) is 38.1 Å². The number of urea groups is 1. The molecule has 0 radical (unpaired) electrons. The van der Waals surface area contributed by atoms with Crippen molar-refractivity contribution in [3.05, 3.63) is 59.5 Å². The molecule has 2 aromatic rings. The SMILES string of the molecule is CC(C)CNC(=O)NC(=O)COC(=O)C1Cc2ccccc2CN1C(=O)c1ccco1. The van der Waals surface area contributed by atoms with Gasteiger partial charge in [-0.2, -0.15) is 0 Å². The fraction of sp³-hybridized carbons (Fsp3) is 0.364. The van der Waals surface area contributed by atoms with Gasteiger partial charge in [0.1, 0.15) is 6.04 Å². The summed E-state index contributed by atoms with van der Waals surface area (Å²) in [6.07, 6.45) is 1.63. The number of nitrogens with one attached hydrogen (secondary N) is 2. The number of hydrogen-bond acceptors (Lipinski definition) is 6. The zero-order valence-corrected chi connectivity index (χ0v) is 17.4. The molecular formula is C22H25N3O6. The molecule has 3 rings (SSSR count). The number of carbonyl (C=O) groups is 4. The minimum absolute atomic E-state index is 0.108. The van der Waals surface area contributed by atoms with Gasteiger partial charge in [-0.1, -0.05) is 38.1 Å². The van der Waals surface area contributed by atoms with Crippen LogP contribution in [0, 0.1) is 5.92 Å². The minimum Gasteiger partial charge on any atom is -0.459 e. The van der Waals surface area contributed by atoms with Crippen molar-refractivity contribution in [3.8, 4) is 0 Å². The normalized spacial score (nSPS) is 15.2. The lowest BCUT2D eigenvalue weighted by Gasteiger charge is -2.34. The van der Waals surface area contributed by atoms with Crippen LogP contribution in [0.15, 0.2) is 47.1 Å². The van der Waals surface area contributed by atoms with E-state index >= 15 is 0 Å². The number of benzene rings is 1. The third-order valence-corrected chi connectivity index (χ3v) is 4.78. The van der Waals surface area contributed by atoms with Crippen molar-refractivity contribution in [1.82, 2.24) is 15.5 Å². The predicted octanol–water partition coefficient (Wildman–Crippen LogP) is 1.87. The van der Waals surface area contributed by atoms with Gasteiger partial charge in [0.2, 0.25) is 0 Å². The van der Waals surface area contributed by atoms with Crippen molar-refractivity contribution in [2.24, 2.45) is 5.92 Å². The van der Waals surface area contributed by atoms with Crippen LogP contribution in [0.3, 0.4) is 0 Å². The summed E-state index contributed by atoms with van der Waals surface area (Å²) in [6, 6.07) is 9.03. The van der Waals surface area contributed by atoms with Crippen LogP contribution in [-0.4, -0.2) is 47.9 Å². The van der Waals surface area contributed by atoms with Crippen LogP contribution in [0.4, 0.5) is 4.79 Å². The molecular weight excluding hydrogens is 402 g/mol. The van der Waals surface area contributed by atoms with Crippen molar-refractivity contribution in [2.75, 3.05) is 13.2 Å². The summed E-state index contributed by atoms with van der Waals surface area (Å²) in [5.41, 5.74) is 1.84. The lowest BCUT2D eigenvalue weighted by Crippen LogP contribution is -2.50. The highest BCUT2D eigenvalue weighted by molar-refractivity contribution is 5.97. The average Bonchev–Trinajstić information content (AvgIpc) is 3.29. The second-order valence-corrected chi connectivity index (χ2v) is 7.66. The summed E-state index contributed by atoms with van der Waals surface area (Å²) in [7, 11) is 0. The topological polar surface area (TPSA) is 118 Å². The van der Waals surface area contributed by atoms with E-state index in [0.717, 1.165) is 11.1 Å². The molecule has 1 atom stereocenters. The smallest absolute Gasteiger partial charge is 0.329 e. The van der Waals surface area contributed by atoms with E-state index in [0.29, 0.717) is 6.54 Å². The Balaban J connectivity index is 1.65.